The summed E-state index contributed by atoms with van der Waals surface area (Å²) in [5.74, 6) is 1.96. The van der Waals surface area contributed by atoms with Gasteiger partial charge in [-0.15, -0.1) is 0 Å². The predicted molar refractivity (Wildman–Crippen MR) is 86.6 cm³/mol. The molecule has 1 atom stereocenters. The van der Waals surface area contributed by atoms with Crippen LogP contribution >= 0.6 is 22.6 Å². The molecular weight excluding hydrogens is 367 g/mol. The molecule has 0 bridgehead atoms. The molecule has 5 nitrogen and oxygen atoms in total. The highest BCUT2D eigenvalue weighted by atomic mass is 127. The van der Waals surface area contributed by atoms with E-state index >= 15 is 0 Å². The number of anilines is 1. The van der Waals surface area contributed by atoms with Gasteiger partial charge in [-0.3, -0.25) is 4.90 Å². The van der Waals surface area contributed by atoms with Crippen molar-refractivity contribution in [3.63, 3.8) is 0 Å². The van der Waals surface area contributed by atoms with Gasteiger partial charge in [0, 0.05) is 19.0 Å². The fourth-order valence-corrected chi connectivity index (χ4v) is 3.33. The Morgan fingerprint density at radius 2 is 2.20 bits per heavy atom. The van der Waals surface area contributed by atoms with Gasteiger partial charge in [-0.2, -0.15) is 0 Å². The zero-order valence-corrected chi connectivity index (χ0v) is 14.0. The minimum atomic E-state index is -0.0351. The summed E-state index contributed by atoms with van der Waals surface area (Å²) >= 11 is 2.26. The molecule has 0 aromatic carbocycles. The Balaban J connectivity index is 1.82. The third-order valence-electron chi connectivity index (χ3n) is 3.86. The van der Waals surface area contributed by atoms with Gasteiger partial charge in [-0.1, -0.05) is 6.92 Å². The molecule has 6 heteroatoms. The largest absolute Gasteiger partial charge is 0.383 e. The van der Waals surface area contributed by atoms with E-state index in [4.69, 9.17) is 15.5 Å². The second kappa shape index (κ2) is 6.11. The van der Waals surface area contributed by atoms with Gasteiger partial charge in [0.15, 0.2) is 5.82 Å². The summed E-state index contributed by atoms with van der Waals surface area (Å²) in [5, 5.41) is 0. The van der Waals surface area contributed by atoms with Crippen LogP contribution in [0.4, 0.5) is 5.82 Å². The van der Waals surface area contributed by atoms with E-state index in [2.05, 4.69) is 39.4 Å². The normalized spacial score (nSPS) is 24.0. The summed E-state index contributed by atoms with van der Waals surface area (Å²) in [6, 6.07) is 0. The van der Waals surface area contributed by atoms with E-state index in [9.17, 15) is 0 Å². The van der Waals surface area contributed by atoms with Crippen LogP contribution in [0.1, 0.15) is 49.7 Å². The van der Waals surface area contributed by atoms with Crippen LogP contribution < -0.4 is 5.73 Å². The molecule has 2 aliphatic rings. The van der Waals surface area contributed by atoms with E-state index in [0.29, 0.717) is 11.7 Å². The number of ether oxygens (including phenoxy) is 1. The molecule has 1 aliphatic heterocycles. The maximum Gasteiger partial charge on any atom is 0.161 e. The highest BCUT2D eigenvalue weighted by Crippen LogP contribution is 2.42. The average Bonchev–Trinajstić information content (AvgIpc) is 3.27. The van der Waals surface area contributed by atoms with Crippen molar-refractivity contribution in [2.75, 3.05) is 32.0 Å². The molecule has 1 unspecified atom stereocenters. The number of nitrogens with zero attached hydrogens (tertiary/aromatic N) is 3. The zero-order valence-electron chi connectivity index (χ0n) is 11.8. The van der Waals surface area contributed by atoms with Gasteiger partial charge < -0.3 is 10.5 Å². The summed E-state index contributed by atoms with van der Waals surface area (Å²) in [4.78, 5) is 11.7. The number of rotatable bonds is 4. The van der Waals surface area contributed by atoms with Crippen LogP contribution in [0.25, 0.3) is 0 Å². The molecule has 1 aromatic heterocycles. The van der Waals surface area contributed by atoms with E-state index in [-0.39, 0.29) is 6.10 Å². The lowest BCUT2D eigenvalue weighted by molar-refractivity contribution is -0.0342. The van der Waals surface area contributed by atoms with Gasteiger partial charge in [0.05, 0.1) is 15.9 Å². The molecule has 1 aromatic rings. The number of hydrogen-bond acceptors (Lipinski definition) is 5. The van der Waals surface area contributed by atoms with Crippen LogP contribution in [-0.2, 0) is 4.74 Å². The minimum Gasteiger partial charge on any atom is -0.383 e. The molecule has 1 saturated heterocycles. The van der Waals surface area contributed by atoms with Crippen molar-refractivity contribution in [2.24, 2.45) is 0 Å². The Hall–Kier alpha value is -0.470. The molecular formula is C14H21IN4O. The first-order valence-corrected chi connectivity index (χ1v) is 8.43. The number of hydrogen-bond donors (Lipinski definition) is 1. The number of halogens is 1. The Bertz CT molecular complexity index is 490. The third-order valence-corrected chi connectivity index (χ3v) is 4.97. The number of aromatic nitrogens is 2. The average molecular weight is 388 g/mol. The fraction of sp³-hybridized carbons (Fsp3) is 0.714. The van der Waals surface area contributed by atoms with Gasteiger partial charge in [-0.25, -0.2) is 9.97 Å². The minimum absolute atomic E-state index is 0.0351. The van der Waals surface area contributed by atoms with Crippen molar-refractivity contribution >= 4 is 28.4 Å². The van der Waals surface area contributed by atoms with Crippen LogP contribution in [0.3, 0.4) is 0 Å². The molecule has 1 saturated carbocycles. The number of morpholine rings is 1. The van der Waals surface area contributed by atoms with E-state index in [1.807, 2.05) is 0 Å². The summed E-state index contributed by atoms with van der Waals surface area (Å²) in [6.45, 7) is 5.93. The highest BCUT2D eigenvalue weighted by Gasteiger charge is 2.31. The number of nitrogens with two attached hydrogens (primary N) is 1. The van der Waals surface area contributed by atoms with Gasteiger partial charge in [0.25, 0.3) is 0 Å². The maximum atomic E-state index is 6.06. The van der Waals surface area contributed by atoms with Crippen molar-refractivity contribution in [2.45, 2.75) is 38.2 Å². The lowest BCUT2D eigenvalue weighted by atomic mass is 10.2. The van der Waals surface area contributed by atoms with Crippen LogP contribution in [0.15, 0.2) is 0 Å². The SMILES string of the molecule is CCCN1CCOC(c2nc(N)c(I)c(C3CC3)n2)C1. The first-order valence-electron chi connectivity index (χ1n) is 7.35. The van der Waals surface area contributed by atoms with Gasteiger partial charge in [-0.05, 0) is 48.4 Å². The van der Waals surface area contributed by atoms with Crippen molar-refractivity contribution in [1.82, 2.24) is 14.9 Å². The Labute approximate surface area is 133 Å². The van der Waals surface area contributed by atoms with Crippen LogP contribution in [0.5, 0.6) is 0 Å². The standard InChI is InChI=1S/C14H21IN4O/c1-2-5-19-6-7-20-10(8-19)14-17-12(9-3-4-9)11(15)13(16)18-14/h9-10H,2-8H2,1H3,(H2,16,17,18). The predicted octanol–water partition coefficient (Wildman–Crippen LogP) is 2.32. The number of nitrogen functional groups attached to an aromatic ring is 1. The topological polar surface area (TPSA) is 64.3 Å². The molecule has 1 aliphatic carbocycles. The van der Waals surface area contributed by atoms with Crippen molar-refractivity contribution in [1.29, 1.82) is 0 Å². The quantitative estimate of drug-likeness (QED) is 0.803. The van der Waals surface area contributed by atoms with Crippen molar-refractivity contribution in [3.8, 4) is 0 Å². The lowest BCUT2D eigenvalue weighted by Gasteiger charge is -2.32. The molecule has 0 amide bonds. The molecule has 3 rings (SSSR count). The summed E-state index contributed by atoms with van der Waals surface area (Å²) in [5.41, 5.74) is 7.19. The summed E-state index contributed by atoms with van der Waals surface area (Å²) < 4.78 is 6.89. The molecule has 110 valence electrons. The smallest absolute Gasteiger partial charge is 0.161 e. The van der Waals surface area contributed by atoms with Crippen LogP contribution in [0, 0.1) is 3.57 Å². The Kier molecular flexibility index (Phi) is 4.42. The highest BCUT2D eigenvalue weighted by molar-refractivity contribution is 14.1. The summed E-state index contributed by atoms with van der Waals surface area (Å²) in [7, 11) is 0. The molecule has 20 heavy (non-hydrogen) atoms. The third kappa shape index (κ3) is 3.07. The Morgan fingerprint density at radius 3 is 2.90 bits per heavy atom. The van der Waals surface area contributed by atoms with Gasteiger partial charge in [0.1, 0.15) is 11.9 Å². The summed E-state index contributed by atoms with van der Waals surface area (Å²) in [6.07, 6.45) is 3.57. The first-order chi connectivity index (χ1) is 9.69. The molecule has 2 heterocycles. The van der Waals surface area contributed by atoms with E-state index in [0.717, 1.165) is 47.8 Å². The molecule has 2 fully saturated rings. The zero-order chi connectivity index (χ0) is 14.1. The van der Waals surface area contributed by atoms with E-state index in [1.54, 1.807) is 0 Å². The van der Waals surface area contributed by atoms with Gasteiger partial charge >= 0.3 is 0 Å². The van der Waals surface area contributed by atoms with Crippen molar-refractivity contribution in [3.05, 3.63) is 15.1 Å². The monoisotopic (exact) mass is 388 g/mol. The van der Waals surface area contributed by atoms with Crippen LogP contribution in [0.2, 0.25) is 0 Å². The molecule has 0 radical (unpaired) electrons. The van der Waals surface area contributed by atoms with Crippen molar-refractivity contribution < 1.29 is 4.74 Å². The second-order valence-corrected chi connectivity index (χ2v) is 6.68. The molecule has 2 N–H and O–H groups in total. The molecule has 0 spiro atoms. The van der Waals surface area contributed by atoms with Gasteiger partial charge in [0.2, 0.25) is 0 Å². The fourth-order valence-electron chi connectivity index (χ4n) is 2.65. The maximum absolute atomic E-state index is 6.06. The van der Waals surface area contributed by atoms with E-state index in [1.165, 1.54) is 12.8 Å². The first kappa shape index (κ1) is 14.5. The lowest BCUT2D eigenvalue weighted by Crippen LogP contribution is -2.39. The Morgan fingerprint density at radius 1 is 1.40 bits per heavy atom. The van der Waals surface area contributed by atoms with E-state index < -0.39 is 0 Å². The second-order valence-electron chi connectivity index (χ2n) is 5.60. The van der Waals surface area contributed by atoms with Crippen LogP contribution in [-0.4, -0.2) is 41.1 Å².